The monoisotopic (exact) mass is 408 g/mol. The van der Waals surface area contributed by atoms with Crippen LogP contribution in [0, 0.1) is 12.7 Å². The lowest BCUT2D eigenvalue weighted by molar-refractivity contribution is -0.0843. The zero-order valence-corrected chi connectivity index (χ0v) is 16.9. The first-order valence-corrected chi connectivity index (χ1v) is 10.4. The number of nitrogens with one attached hydrogen (secondary N) is 1. The van der Waals surface area contributed by atoms with Gasteiger partial charge in [-0.15, -0.1) is 0 Å². The van der Waals surface area contributed by atoms with Gasteiger partial charge < -0.3 is 10.1 Å². The van der Waals surface area contributed by atoms with Crippen molar-refractivity contribution in [3.8, 4) is 0 Å². The number of ether oxygens (including phenoxy) is 1. The van der Waals surface area contributed by atoms with Crippen LogP contribution in [0.4, 0.5) is 4.39 Å². The fraction of sp³-hybridized carbons (Fsp3) is 0.391. The number of imidazole rings is 1. The summed E-state index contributed by atoms with van der Waals surface area (Å²) in [6.45, 7) is 3.94. The molecule has 2 aliphatic heterocycles. The second kappa shape index (κ2) is 7.81. The number of aryl methyl sites for hydroxylation is 1. The van der Waals surface area contributed by atoms with E-state index in [1.807, 2.05) is 47.9 Å². The Morgan fingerprint density at radius 1 is 1.17 bits per heavy atom. The van der Waals surface area contributed by atoms with Gasteiger partial charge in [-0.2, -0.15) is 0 Å². The van der Waals surface area contributed by atoms with E-state index in [-0.39, 0.29) is 29.8 Å². The van der Waals surface area contributed by atoms with Gasteiger partial charge in [-0.3, -0.25) is 14.1 Å². The molecular weight excluding hydrogens is 383 g/mol. The number of halogens is 1. The molecule has 0 radical (unpaired) electrons. The topological polar surface area (TPSA) is 58.9 Å². The van der Waals surface area contributed by atoms with E-state index < -0.39 is 0 Å². The van der Waals surface area contributed by atoms with E-state index in [4.69, 9.17) is 4.74 Å². The second-order valence-electron chi connectivity index (χ2n) is 8.26. The molecule has 2 aliphatic rings. The van der Waals surface area contributed by atoms with Crippen LogP contribution >= 0.6 is 0 Å². The number of morpholine rings is 1. The highest BCUT2D eigenvalue weighted by molar-refractivity contribution is 5.94. The van der Waals surface area contributed by atoms with Crippen molar-refractivity contribution in [3.63, 3.8) is 0 Å². The summed E-state index contributed by atoms with van der Waals surface area (Å²) in [6, 6.07) is 13.0. The quantitative estimate of drug-likeness (QED) is 0.721. The first-order chi connectivity index (χ1) is 14.6. The summed E-state index contributed by atoms with van der Waals surface area (Å²) < 4.78 is 20.9. The van der Waals surface area contributed by atoms with E-state index in [0.717, 1.165) is 36.3 Å². The number of aromatic nitrogens is 2. The van der Waals surface area contributed by atoms with Crippen LogP contribution in [-0.2, 0) is 11.3 Å². The highest BCUT2D eigenvalue weighted by Gasteiger charge is 2.39. The predicted octanol–water partition coefficient (Wildman–Crippen LogP) is 2.94. The summed E-state index contributed by atoms with van der Waals surface area (Å²) in [5, 5.41) is 3.24. The van der Waals surface area contributed by atoms with Gasteiger partial charge in [0, 0.05) is 30.9 Å². The van der Waals surface area contributed by atoms with Crippen LogP contribution in [0.1, 0.15) is 34.6 Å². The molecule has 2 fully saturated rings. The van der Waals surface area contributed by atoms with E-state index >= 15 is 0 Å². The second-order valence-corrected chi connectivity index (χ2v) is 8.26. The zero-order valence-electron chi connectivity index (χ0n) is 16.9. The number of piperidine rings is 1. The summed E-state index contributed by atoms with van der Waals surface area (Å²) in [5.74, 6) is -0.298. The molecule has 156 valence electrons. The third-order valence-corrected chi connectivity index (χ3v) is 6.20. The molecule has 0 spiro atoms. The van der Waals surface area contributed by atoms with Gasteiger partial charge in [0.2, 0.25) is 0 Å². The lowest BCUT2D eigenvalue weighted by atomic mass is 9.89. The third kappa shape index (κ3) is 3.59. The van der Waals surface area contributed by atoms with Crippen LogP contribution < -0.4 is 5.32 Å². The van der Waals surface area contributed by atoms with Crippen molar-refractivity contribution in [3.05, 3.63) is 71.4 Å². The minimum Gasteiger partial charge on any atom is -0.378 e. The number of nitrogens with zero attached hydrogens (tertiary/aromatic N) is 3. The molecule has 2 saturated heterocycles. The molecular formula is C23H25FN4O2. The fourth-order valence-corrected chi connectivity index (χ4v) is 4.81. The molecule has 6 nitrogen and oxygen atoms in total. The predicted molar refractivity (Wildman–Crippen MR) is 111 cm³/mol. The van der Waals surface area contributed by atoms with Crippen LogP contribution in [0.3, 0.4) is 0 Å². The molecule has 0 saturated carbocycles. The first kappa shape index (κ1) is 19.2. The average Bonchev–Trinajstić information content (AvgIpc) is 3.06. The molecule has 2 atom stereocenters. The Bertz CT molecular complexity index is 1050. The van der Waals surface area contributed by atoms with Crippen LogP contribution in [0.2, 0.25) is 0 Å². The van der Waals surface area contributed by atoms with Gasteiger partial charge >= 0.3 is 0 Å². The van der Waals surface area contributed by atoms with Crippen LogP contribution in [0.15, 0.2) is 48.7 Å². The van der Waals surface area contributed by atoms with E-state index in [9.17, 15) is 9.18 Å². The number of carbonyl (C=O) groups is 1. The minimum atomic E-state index is -0.216. The van der Waals surface area contributed by atoms with Crippen molar-refractivity contribution in [2.24, 2.45) is 0 Å². The van der Waals surface area contributed by atoms with Crippen molar-refractivity contribution >= 4 is 11.6 Å². The minimum absolute atomic E-state index is 0.0813. The Hall–Kier alpha value is -2.77. The molecule has 3 aromatic rings. The average molecular weight is 408 g/mol. The van der Waals surface area contributed by atoms with Crippen molar-refractivity contribution < 1.29 is 13.9 Å². The fourth-order valence-electron chi connectivity index (χ4n) is 4.81. The number of hydrogen-bond donors (Lipinski definition) is 1. The summed E-state index contributed by atoms with van der Waals surface area (Å²) >= 11 is 0. The van der Waals surface area contributed by atoms with Gasteiger partial charge in [0.05, 0.1) is 18.9 Å². The van der Waals surface area contributed by atoms with Gasteiger partial charge in [-0.25, -0.2) is 9.37 Å². The number of carbonyl (C=O) groups excluding carboxylic acids is 1. The van der Waals surface area contributed by atoms with Gasteiger partial charge in [-0.1, -0.05) is 18.2 Å². The van der Waals surface area contributed by atoms with E-state index in [2.05, 4.69) is 15.2 Å². The maximum atomic E-state index is 13.2. The van der Waals surface area contributed by atoms with Crippen LogP contribution in [0.25, 0.3) is 5.65 Å². The van der Waals surface area contributed by atoms with Gasteiger partial charge in [0.1, 0.15) is 17.2 Å². The molecule has 2 bridgehead atoms. The van der Waals surface area contributed by atoms with Crippen LogP contribution in [-0.4, -0.2) is 51.5 Å². The Labute approximate surface area is 174 Å². The van der Waals surface area contributed by atoms with Gasteiger partial charge in [0.25, 0.3) is 5.91 Å². The molecule has 30 heavy (non-hydrogen) atoms. The Morgan fingerprint density at radius 2 is 1.90 bits per heavy atom. The molecule has 4 heterocycles. The highest BCUT2D eigenvalue weighted by Crippen LogP contribution is 2.30. The number of fused-ring (bicyclic) bond motifs is 3. The third-order valence-electron chi connectivity index (χ3n) is 6.20. The first-order valence-electron chi connectivity index (χ1n) is 10.4. The highest BCUT2D eigenvalue weighted by atomic mass is 19.1. The number of rotatable bonds is 4. The Kier molecular flexibility index (Phi) is 5.00. The van der Waals surface area contributed by atoms with Crippen LogP contribution in [0.5, 0.6) is 0 Å². The zero-order chi connectivity index (χ0) is 20.7. The normalized spacial score (nSPS) is 24.1. The maximum absolute atomic E-state index is 13.2. The number of pyridine rings is 1. The summed E-state index contributed by atoms with van der Waals surface area (Å²) in [7, 11) is 0. The van der Waals surface area contributed by atoms with E-state index in [0.29, 0.717) is 18.9 Å². The molecule has 1 aromatic carbocycles. The number of amides is 1. The van der Waals surface area contributed by atoms with Gasteiger partial charge in [-0.05, 0) is 49.6 Å². The lowest BCUT2D eigenvalue weighted by Gasteiger charge is -2.48. The Morgan fingerprint density at radius 3 is 2.63 bits per heavy atom. The SMILES string of the molecule is Cc1nc2ccccn2c1C(=O)NC1CC2COCC(C1)N2Cc1ccc(F)cc1. The van der Waals surface area contributed by atoms with Crippen molar-refractivity contribution in [1.29, 1.82) is 0 Å². The summed E-state index contributed by atoms with van der Waals surface area (Å²) in [5.41, 5.74) is 3.20. The molecule has 2 aromatic heterocycles. The van der Waals surface area contributed by atoms with Crippen molar-refractivity contribution in [2.75, 3.05) is 13.2 Å². The summed E-state index contributed by atoms with van der Waals surface area (Å²) in [6.07, 6.45) is 3.54. The van der Waals surface area contributed by atoms with E-state index in [1.165, 1.54) is 12.1 Å². The number of benzene rings is 1. The largest absolute Gasteiger partial charge is 0.378 e. The molecule has 5 rings (SSSR count). The standard InChI is InChI=1S/C23H25FN4O2/c1-15-22(27-9-3-2-4-21(27)25-15)23(29)26-18-10-19-13-30-14-20(11-18)28(19)12-16-5-7-17(24)8-6-16/h2-9,18-20H,10-14H2,1H3,(H,26,29). The van der Waals surface area contributed by atoms with Crippen molar-refractivity contribution in [2.45, 2.75) is 44.4 Å². The van der Waals surface area contributed by atoms with Crippen molar-refractivity contribution in [1.82, 2.24) is 19.6 Å². The molecule has 2 unspecified atom stereocenters. The number of hydrogen-bond acceptors (Lipinski definition) is 4. The maximum Gasteiger partial charge on any atom is 0.270 e. The van der Waals surface area contributed by atoms with E-state index in [1.54, 1.807) is 0 Å². The molecule has 1 amide bonds. The van der Waals surface area contributed by atoms with Gasteiger partial charge in [0.15, 0.2) is 0 Å². The molecule has 1 N–H and O–H groups in total. The summed E-state index contributed by atoms with van der Waals surface area (Å²) in [4.78, 5) is 20.0. The molecule has 7 heteroatoms. The Balaban J connectivity index is 1.30. The smallest absolute Gasteiger partial charge is 0.270 e. The lowest BCUT2D eigenvalue weighted by Crippen LogP contribution is -2.60. The molecule has 0 aliphatic carbocycles.